The molecule has 0 saturated carbocycles. The number of nitriles is 1. The van der Waals surface area contributed by atoms with Gasteiger partial charge in [-0.05, 0) is 42.5 Å². The average molecular weight is 368 g/mol. The van der Waals surface area contributed by atoms with Crippen molar-refractivity contribution >= 4 is 23.5 Å². The quantitative estimate of drug-likeness (QED) is 0.777. The van der Waals surface area contributed by atoms with Crippen LogP contribution in [0.3, 0.4) is 0 Å². The van der Waals surface area contributed by atoms with Crippen LogP contribution < -0.4 is 10.1 Å². The van der Waals surface area contributed by atoms with Gasteiger partial charge < -0.3 is 19.5 Å². The highest BCUT2D eigenvalue weighted by atomic mass is 16.5. The lowest BCUT2D eigenvalue weighted by atomic mass is 10.1. The van der Waals surface area contributed by atoms with Gasteiger partial charge in [-0.3, -0.25) is 4.79 Å². The second-order valence-electron chi connectivity index (χ2n) is 5.22. The Morgan fingerprint density at radius 3 is 2.26 bits per heavy atom. The van der Waals surface area contributed by atoms with E-state index in [4.69, 9.17) is 10.00 Å². The third-order valence-electron chi connectivity index (χ3n) is 3.47. The number of amides is 1. The Labute approximate surface area is 155 Å². The first-order valence-electron chi connectivity index (χ1n) is 7.72. The fourth-order valence-corrected chi connectivity index (χ4v) is 2.14. The Kier molecular flexibility index (Phi) is 6.49. The number of nitrogens with one attached hydrogen (secondary N) is 1. The summed E-state index contributed by atoms with van der Waals surface area (Å²) < 4.78 is 14.6. The van der Waals surface area contributed by atoms with Gasteiger partial charge in [-0.25, -0.2) is 9.59 Å². The van der Waals surface area contributed by atoms with E-state index < -0.39 is 17.8 Å². The molecule has 2 aromatic carbocycles. The summed E-state index contributed by atoms with van der Waals surface area (Å²) in [5, 5.41) is 11.3. The molecule has 2 aromatic rings. The van der Waals surface area contributed by atoms with Gasteiger partial charge in [-0.2, -0.15) is 5.26 Å². The summed E-state index contributed by atoms with van der Waals surface area (Å²) in [5.74, 6) is -1.43. The molecule has 0 heterocycles. The van der Waals surface area contributed by atoms with Crippen molar-refractivity contribution in [3.63, 3.8) is 0 Å². The Morgan fingerprint density at radius 2 is 1.67 bits per heavy atom. The minimum Gasteiger partial charge on any atom is -0.484 e. The molecule has 1 N–H and O–H groups in total. The van der Waals surface area contributed by atoms with Crippen molar-refractivity contribution in [3.8, 4) is 11.8 Å². The predicted octanol–water partition coefficient (Wildman–Crippen LogP) is 2.15. The van der Waals surface area contributed by atoms with Crippen molar-refractivity contribution in [3.05, 3.63) is 59.2 Å². The molecule has 27 heavy (non-hydrogen) atoms. The average Bonchev–Trinajstić information content (AvgIpc) is 2.71. The van der Waals surface area contributed by atoms with E-state index in [1.165, 1.54) is 32.4 Å². The van der Waals surface area contributed by atoms with E-state index in [2.05, 4.69) is 14.8 Å². The Hall–Kier alpha value is -3.86. The zero-order valence-electron chi connectivity index (χ0n) is 14.6. The highest BCUT2D eigenvalue weighted by molar-refractivity contribution is 6.03. The van der Waals surface area contributed by atoms with Gasteiger partial charge in [0.25, 0.3) is 5.91 Å². The number of anilines is 1. The van der Waals surface area contributed by atoms with Crippen LogP contribution in [0.2, 0.25) is 0 Å². The zero-order valence-corrected chi connectivity index (χ0v) is 14.6. The number of esters is 2. The fraction of sp³-hybridized carbons (Fsp3) is 0.158. The first-order chi connectivity index (χ1) is 13.0. The molecule has 0 unspecified atom stereocenters. The molecule has 1 amide bonds. The van der Waals surface area contributed by atoms with Crippen molar-refractivity contribution in [2.24, 2.45) is 0 Å². The number of nitrogens with zero attached hydrogens (tertiary/aromatic N) is 1. The van der Waals surface area contributed by atoms with E-state index in [0.717, 1.165) is 0 Å². The fourth-order valence-electron chi connectivity index (χ4n) is 2.14. The molecule has 0 atom stereocenters. The SMILES string of the molecule is COC(=O)c1ccc(C(=O)OC)c(NC(=O)COc2ccc(C#N)cc2)c1. The number of carbonyl (C=O) groups is 3. The van der Waals surface area contributed by atoms with Crippen molar-refractivity contribution in [1.29, 1.82) is 5.26 Å². The van der Waals surface area contributed by atoms with E-state index >= 15 is 0 Å². The molecular formula is C19H16N2O6. The van der Waals surface area contributed by atoms with Crippen molar-refractivity contribution in [1.82, 2.24) is 0 Å². The third-order valence-corrected chi connectivity index (χ3v) is 3.47. The molecular weight excluding hydrogens is 352 g/mol. The summed E-state index contributed by atoms with van der Waals surface area (Å²) in [6.45, 7) is -0.338. The lowest BCUT2D eigenvalue weighted by Gasteiger charge is -2.12. The maximum atomic E-state index is 12.2. The van der Waals surface area contributed by atoms with Gasteiger partial charge in [0.05, 0.1) is 42.7 Å². The molecule has 0 fully saturated rings. The van der Waals surface area contributed by atoms with Gasteiger partial charge in [0.1, 0.15) is 5.75 Å². The summed E-state index contributed by atoms with van der Waals surface area (Å²) in [7, 11) is 2.43. The monoisotopic (exact) mass is 368 g/mol. The molecule has 0 aromatic heterocycles. The summed E-state index contributed by atoms with van der Waals surface area (Å²) in [4.78, 5) is 35.7. The smallest absolute Gasteiger partial charge is 0.339 e. The summed E-state index contributed by atoms with van der Waals surface area (Å²) in [6, 6.07) is 12.3. The lowest BCUT2D eigenvalue weighted by Crippen LogP contribution is -2.22. The standard InChI is InChI=1S/C19H16N2O6/c1-25-18(23)13-5-8-15(19(24)26-2)16(9-13)21-17(22)11-27-14-6-3-12(10-20)4-7-14/h3-9H,11H2,1-2H3,(H,21,22). The molecule has 2 rings (SSSR count). The summed E-state index contributed by atoms with van der Waals surface area (Å²) in [5.41, 5.74) is 0.803. The van der Waals surface area contributed by atoms with Crippen LogP contribution in [0.4, 0.5) is 5.69 Å². The van der Waals surface area contributed by atoms with Crippen molar-refractivity contribution in [2.45, 2.75) is 0 Å². The van der Waals surface area contributed by atoms with Crippen LogP contribution in [0.15, 0.2) is 42.5 Å². The van der Waals surface area contributed by atoms with Crippen molar-refractivity contribution in [2.75, 3.05) is 26.1 Å². The maximum absolute atomic E-state index is 12.2. The van der Waals surface area contributed by atoms with E-state index in [1.807, 2.05) is 6.07 Å². The van der Waals surface area contributed by atoms with Gasteiger partial charge in [0.2, 0.25) is 0 Å². The first kappa shape index (κ1) is 19.5. The normalized spacial score (nSPS) is 9.67. The van der Waals surface area contributed by atoms with Crippen LogP contribution in [-0.4, -0.2) is 38.7 Å². The molecule has 8 heteroatoms. The molecule has 0 saturated heterocycles. The highest BCUT2D eigenvalue weighted by Gasteiger charge is 2.17. The van der Waals surface area contributed by atoms with E-state index in [0.29, 0.717) is 11.3 Å². The number of carbonyl (C=O) groups excluding carboxylic acids is 3. The Morgan fingerprint density at radius 1 is 1.00 bits per heavy atom. The molecule has 0 aliphatic rings. The minimum absolute atomic E-state index is 0.0804. The van der Waals surface area contributed by atoms with E-state index in [-0.39, 0.29) is 23.4 Å². The van der Waals surface area contributed by atoms with Crippen LogP contribution in [0.5, 0.6) is 5.75 Å². The molecule has 0 spiro atoms. The van der Waals surface area contributed by atoms with Crippen LogP contribution in [0.1, 0.15) is 26.3 Å². The summed E-state index contributed by atoms with van der Waals surface area (Å²) in [6.07, 6.45) is 0. The second kappa shape index (κ2) is 9.01. The minimum atomic E-state index is -0.672. The molecule has 8 nitrogen and oxygen atoms in total. The highest BCUT2D eigenvalue weighted by Crippen LogP contribution is 2.20. The maximum Gasteiger partial charge on any atom is 0.339 e. The number of rotatable bonds is 6. The van der Waals surface area contributed by atoms with Crippen LogP contribution >= 0.6 is 0 Å². The number of hydrogen-bond acceptors (Lipinski definition) is 7. The largest absolute Gasteiger partial charge is 0.484 e. The van der Waals surface area contributed by atoms with Gasteiger partial charge in [-0.15, -0.1) is 0 Å². The molecule has 138 valence electrons. The number of ether oxygens (including phenoxy) is 3. The third kappa shape index (κ3) is 5.06. The lowest BCUT2D eigenvalue weighted by molar-refractivity contribution is -0.118. The summed E-state index contributed by atoms with van der Waals surface area (Å²) >= 11 is 0. The van der Waals surface area contributed by atoms with E-state index in [9.17, 15) is 14.4 Å². The van der Waals surface area contributed by atoms with Crippen LogP contribution in [0.25, 0.3) is 0 Å². The van der Waals surface area contributed by atoms with Gasteiger partial charge in [0, 0.05) is 0 Å². The van der Waals surface area contributed by atoms with Crippen LogP contribution in [-0.2, 0) is 14.3 Å². The van der Waals surface area contributed by atoms with Crippen molar-refractivity contribution < 1.29 is 28.6 Å². The number of methoxy groups -OCH3 is 2. The molecule has 0 bridgehead atoms. The molecule has 0 radical (unpaired) electrons. The first-order valence-corrected chi connectivity index (χ1v) is 7.72. The zero-order chi connectivity index (χ0) is 19.8. The molecule has 0 aliphatic heterocycles. The second-order valence-corrected chi connectivity index (χ2v) is 5.22. The Bertz CT molecular complexity index is 899. The number of hydrogen-bond donors (Lipinski definition) is 1. The number of benzene rings is 2. The van der Waals surface area contributed by atoms with Gasteiger partial charge in [-0.1, -0.05) is 0 Å². The van der Waals surface area contributed by atoms with Gasteiger partial charge >= 0.3 is 11.9 Å². The topological polar surface area (TPSA) is 115 Å². The van der Waals surface area contributed by atoms with Gasteiger partial charge in [0.15, 0.2) is 6.61 Å². The van der Waals surface area contributed by atoms with E-state index in [1.54, 1.807) is 24.3 Å². The predicted molar refractivity (Wildman–Crippen MR) is 94.4 cm³/mol. The Balaban J connectivity index is 2.13. The molecule has 0 aliphatic carbocycles. The van der Waals surface area contributed by atoms with Crippen LogP contribution in [0, 0.1) is 11.3 Å².